The zero-order valence-corrected chi connectivity index (χ0v) is 11.8. The quantitative estimate of drug-likeness (QED) is 0.783. The average molecular weight is 275 g/mol. The minimum absolute atomic E-state index is 0. The summed E-state index contributed by atoms with van der Waals surface area (Å²) in [5.74, 6) is 0. The van der Waals surface area contributed by atoms with E-state index in [1.807, 2.05) is 31.6 Å². The average Bonchev–Trinajstić information content (AvgIpc) is 2.65. The Morgan fingerprint density at radius 2 is 2.20 bits per heavy atom. The fourth-order valence-electron chi connectivity index (χ4n) is 1.27. The third-order valence-electron chi connectivity index (χ3n) is 2.11. The van der Waals surface area contributed by atoms with Crippen LogP contribution in [-0.2, 0) is 46.2 Å². The topological polar surface area (TPSA) is 30.7 Å². The van der Waals surface area contributed by atoms with Crippen LogP contribution in [0.4, 0.5) is 0 Å². The summed E-state index contributed by atoms with van der Waals surface area (Å²) >= 11 is 0. The van der Waals surface area contributed by atoms with E-state index in [9.17, 15) is 0 Å². The predicted molar refractivity (Wildman–Crippen MR) is 54.7 cm³/mol. The number of aryl methyl sites for hydroxylation is 2. The number of rotatable bonds is 2. The van der Waals surface area contributed by atoms with Gasteiger partial charge in [-0.1, -0.05) is 19.5 Å². The fraction of sp³-hybridized carbons (Fsp3) is 0.273. The van der Waals surface area contributed by atoms with Crippen LogP contribution >= 0.6 is 0 Å². The van der Waals surface area contributed by atoms with Crippen LogP contribution in [0.15, 0.2) is 24.5 Å². The monoisotopic (exact) mass is 275 g/mol. The van der Waals surface area contributed by atoms with Crippen molar-refractivity contribution in [2.45, 2.75) is 13.3 Å². The molecule has 3 nitrogen and oxygen atoms in total. The Kier molecular flexibility index (Phi) is 4.61. The van der Waals surface area contributed by atoms with Gasteiger partial charge in [-0.15, -0.1) is 11.6 Å². The molecule has 2 aromatic heterocycles. The van der Waals surface area contributed by atoms with Crippen molar-refractivity contribution in [3.8, 4) is 11.4 Å². The fourth-order valence-corrected chi connectivity index (χ4v) is 1.27. The normalized spacial score (nSPS) is 9.73. The second kappa shape index (κ2) is 5.52. The van der Waals surface area contributed by atoms with Gasteiger partial charge in [-0.05, 0) is 11.8 Å². The molecule has 0 spiro atoms. The number of nitrogens with zero attached hydrogens (tertiary/aromatic N) is 3. The second-order valence-electron chi connectivity index (χ2n) is 3.19. The Hall–Kier alpha value is -0.536. The van der Waals surface area contributed by atoms with Gasteiger partial charge in [0.05, 0.1) is 5.69 Å². The first-order valence-electron chi connectivity index (χ1n) is 4.66. The summed E-state index contributed by atoms with van der Waals surface area (Å²) in [4.78, 5) is 4.33. The third-order valence-corrected chi connectivity index (χ3v) is 2.11. The molecule has 0 bridgehead atoms. The van der Waals surface area contributed by atoms with E-state index in [1.54, 1.807) is 4.68 Å². The Morgan fingerprint density at radius 1 is 1.40 bits per heavy atom. The van der Waals surface area contributed by atoms with Gasteiger partial charge >= 0.3 is 0 Å². The number of pyridine rings is 1. The van der Waals surface area contributed by atoms with Crippen LogP contribution in [-0.4, -0.2) is 14.8 Å². The van der Waals surface area contributed by atoms with Crippen molar-refractivity contribution in [2.75, 3.05) is 0 Å². The first-order chi connectivity index (χ1) is 6.79. The van der Waals surface area contributed by atoms with E-state index in [1.165, 1.54) is 0 Å². The van der Waals surface area contributed by atoms with Crippen LogP contribution in [0, 0.1) is 6.07 Å². The molecule has 0 unspecified atom stereocenters. The van der Waals surface area contributed by atoms with Gasteiger partial charge < -0.3 is 4.98 Å². The molecular weight excluding hydrogens is 263 g/mol. The summed E-state index contributed by atoms with van der Waals surface area (Å²) in [6.45, 7) is 2.09. The van der Waals surface area contributed by atoms with Gasteiger partial charge in [0, 0.05) is 46.0 Å². The van der Waals surface area contributed by atoms with Gasteiger partial charge in [-0.2, -0.15) is 11.2 Å². The molecule has 0 aliphatic rings. The van der Waals surface area contributed by atoms with E-state index in [4.69, 9.17) is 0 Å². The van der Waals surface area contributed by atoms with Crippen molar-refractivity contribution >= 4 is 0 Å². The molecule has 0 saturated heterocycles. The van der Waals surface area contributed by atoms with Crippen LogP contribution in [0.5, 0.6) is 0 Å². The molecule has 0 saturated carbocycles. The Bertz CT molecular complexity index is 420. The molecule has 0 fully saturated rings. The molecule has 1 radical (unpaired) electrons. The Balaban J connectivity index is 0.00000112. The standard InChI is InChI=1S/C11H12N3.Y/c1-3-9-4-5-10(12-8-9)11-6-7-14(2)13-11;/h5-8H,3H2,1-2H3;/q-1;. The molecule has 2 aromatic rings. The van der Waals surface area contributed by atoms with Crippen molar-refractivity contribution in [3.05, 3.63) is 36.2 Å². The SMILES string of the molecule is CCc1[c-]cc(-c2ccn(C)n2)nc1.[Y]. The largest absolute Gasteiger partial charge is 0.381 e. The van der Waals surface area contributed by atoms with E-state index in [0.29, 0.717) is 0 Å². The summed E-state index contributed by atoms with van der Waals surface area (Å²) in [7, 11) is 1.90. The van der Waals surface area contributed by atoms with Crippen LogP contribution in [0.3, 0.4) is 0 Å². The maximum Gasteiger partial charge on any atom is 0.0549 e. The van der Waals surface area contributed by atoms with Crippen LogP contribution < -0.4 is 0 Å². The van der Waals surface area contributed by atoms with E-state index < -0.39 is 0 Å². The van der Waals surface area contributed by atoms with Gasteiger partial charge in [0.15, 0.2) is 0 Å². The molecule has 2 rings (SSSR count). The van der Waals surface area contributed by atoms with E-state index in [0.717, 1.165) is 23.4 Å². The molecular formula is C11H12N3Y-. The predicted octanol–water partition coefficient (Wildman–Crippen LogP) is 1.84. The summed E-state index contributed by atoms with van der Waals surface area (Å²) in [6, 6.07) is 7.02. The van der Waals surface area contributed by atoms with Crippen molar-refractivity contribution in [1.82, 2.24) is 14.8 Å². The third kappa shape index (κ3) is 2.96. The van der Waals surface area contributed by atoms with Gasteiger partial charge in [-0.25, -0.2) is 0 Å². The molecule has 75 valence electrons. The molecule has 15 heavy (non-hydrogen) atoms. The van der Waals surface area contributed by atoms with Crippen molar-refractivity contribution in [1.29, 1.82) is 0 Å². The molecule has 0 aliphatic heterocycles. The van der Waals surface area contributed by atoms with Crippen molar-refractivity contribution in [2.24, 2.45) is 7.05 Å². The van der Waals surface area contributed by atoms with E-state index in [2.05, 4.69) is 23.1 Å². The molecule has 4 heteroatoms. The van der Waals surface area contributed by atoms with Crippen molar-refractivity contribution in [3.63, 3.8) is 0 Å². The van der Waals surface area contributed by atoms with Crippen LogP contribution in [0.25, 0.3) is 11.4 Å². The Morgan fingerprint density at radius 3 is 2.67 bits per heavy atom. The summed E-state index contributed by atoms with van der Waals surface area (Å²) < 4.78 is 1.77. The molecule has 2 heterocycles. The maximum absolute atomic E-state index is 4.33. The number of hydrogen-bond donors (Lipinski definition) is 0. The minimum atomic E-state index is 0. The first-order valence-corrected chi connectivity index (χ1v) is 4.66. The summed E-state index contributed by atoms with van der Waals surface area (Å²) in [5, 5.41) is 4.27. The number of aromatic nitrogens is 3. The summed E-state index contributed by atoms with van der Waals surface area (Å²) in [5.41, 5.74) is 2.90. The maximum atomic E-state index is 4.33. The smallest absolute Gasteiger partial charge is 0.0549 e. The summed E-state index contributed by atoms with van der Waals surface area (Å²) in [6.07, 6.45) is 4.73. The van der Waals surface area contributed by atoms with Gasteiger partial charge in [-0.3, -0.25) is 4.68 Å². The molecule has 0 N–H and O–H groups in total. The second-order valence-corrected chi connectivity index (χ2v) is 3.19. The Labute approximate surface area is 115 Å². The molecule has 0 amide bonds. The zero-order chi connectivity index (χ0) is 9.97. The van der Waals surface area contributed by atoms with Gasteiger partial charge in [0.25, 0.3) is 0 Å². The molecule has 0 aliphatic carbocycles. The van der Waals surface area contributed by atoms with Crippen LogP contribution in [0.1, 0.15) is 12.5 Å². The molecule has 0 aromatic carbocycles. The van der Waals surface area contributed by atoms with Crippen molar-refractivity contribution < 1.29 is 32.7 Å². The minimum Gasteiger partial charge on any atom is -0.381 e. The van der Waals surface area contributed by atoms with Gasteiger partial charge in [0.1, 0.15) is 0 Å². The first kappa shape index (κ1) is 12.5. The van der Waals surface area contributed by atoms with E-state index in [-0.39, 0.29) is 32.7 Å². The van der Waals surface area contributed by atoms with Crippen LogP contribution in [0.2, 0.25) is 0 Å². The molecule has 0 atom stereocenters. The van der Waals surface area contributed by atoms with Gasteiger partial charge in [0.2, 0.25) is 0 Å². The van der Waals surface area contributed by atoms with E-state index >= 15 is 0 Å². The number of hydrogen-bond acceptors (Lipinski definition) is 2. The zero-order valence-electron chi connectivity index (χ0n) is 8.94.